The number of hydrogen-bond acceptors (Lipinski definition) is 5. The first-order valence-corrected chi connectivity index (χ1v) is 9.64. The van der Waals surface area contributed by atoms with E-state index in [0.717, 1.165) is 10.8 Å². The molecule has 7 heteroatoms. The van der Waals surface area contributed by atoms with Crippen LogP contribution in [0.1, 0.15) is 20.7 Å². The molecule has 0 saturated heterocycles. The van der Waals surface area contributed by atoms with Crippen LogP contribution >= 0.6 is 11.8 Å². The minimum Gasteiger partial charge on any atom is -0.271 e. The lowest BCUT2D eigenvalue weighted by Gasteiger charge is -2.14. The Morgan fingerprint density at radius 1 is 1.00 bits per heavy atom. The molecule has 0 bridgehead atoms. The first-order valence-electron chi connectivity index (χ1n) is 8.42. The lowest BCUT2D eigenvalue weighted by molar-refractivity contribution is 0.0926. The van der Waals surface area contributed by atoms with Crippen LogP contribution in [0.2, 0.25) is 0 Å². The van der Waals surface area contributed by atoms with Crippen molar-refractivity contribution in [3.63, 3.8) is 0 Å². The Balaban J connectivity index is 1.73. The second-order valence-corrected chi connectivity index (χ2v) is 6.86. The molecule has 0 saturated carbocycles. The number of amidine groups is 1. The summed E-state index contributed by atoms with van der Waals surface area (Å²) in [5, 5.41) is 13.6. The monoisotopic (exact) mass is 386 g/mol. The first kappa shape index (κ1) is 17.8. The summed E-state index contributed by atoms with van der Waals surface area (Å²) in [6, 6.07) is 18.1. The van der Waals surface area contributed by atoms with Gasteiger partial charge in [-0.25, -0.2) is 9.89 Å². The maximum atomic E-state index is 13.0. The summed E-state index contributed by atoms with van der Waals surface area (Å²) in [5.74, 6) is -0.739. The van der Waals surface area contributed by atoms with E-state index in [0.29, 0.717) is 27.7 Å². The lowest BCUT2D eigenvalue weighted by atomic mass is 10.1. The zero-order valence-electron chi connectivity index (χ0n) is 14.8. The van der Waals surface area contributed by atoms with Crippen LogP contribution in [-0.4, -0.2) is 23.2 Å². The number of fused-ring (bicyclic) bond motifs is 2. The molecule has 1 heterocycles. The van der Waals surface area contributed by atoms with Crippen LogP contribution in [0.15, 0.2) is 65.7 Å². The number of hydrogen-bond donors (Lipinski definition) is 1. The molecule has 0 fully saturated rings. The van der Waals surface area contributed by atoms with Gasteiger partial charge in [0.05, 0.1) is 22.5 Å². The van der Waals surface area contributed by atoms with Gasteiger partial charge in [-0.05, 0) is 47.4 Å². The van der Waals surface area contributed by atoms with Crippen molar-refractivity contribution in [2.75, 3.05) is 11.2 Å². The summed E-state index contributed by atoms with van der Waals surface area (Å²) in [7, 11) is 0. The van der Waals surface area contributed by atoms with Crippen molar-refractivity contribution < 1.29 is 9.59 Å². The number of anilines is 1. The van der Waals surface area contributed by atoms with Crippen LogP contribution < -0.4 is 10.2 Å². The Bertz CT molecular complexity index is 1200. The van der Waals surface area contributed by atoms with Gasteiger partial charge in [0.2, 0.25) is 0 Å². The summed E-state index contributed by atoms with van der Waals surface area (Å²) in [6.07, 6.45) is 3.60. The Morgan fingerprint density at radius 2 is 1.75 bits per heavy atom. The lowest BCUT2D eigenvalue weighted by Crippen LogP contribution is -2.29. The van der Waals surface area contributed by atoms with E-state index < -0.39 is 0 Å². The third kappa shape index (κ3) is 3.00. The van der Waals surface area contributed by atoms with Crippen molar-refractivity contribution in [3.8, 4) is 6.19 Å². The fourth-order valence-electron chi connectivity index (χ4n) is 3.14. The Labute approximate surface area is 165 Å². The van der Waals surface area contributed by atoms with Crippen molar-refractivity contribution in [2.45, 2.75) is 0 Å². The number of nitriles is 1. The molecule has 0 unspecified atom stereocenters. The van der Waals surface area contributed by atoms with E-state index in [1.54, 1.807) is 30.5 Å². The van der Waals surface area contributed by atoms with Gasteiger partial charge in [0.25, 0.3) is 11.8 Å². The highest BCUT2D eigenvalue weighted by Gasteiger charge is 2.36. The molecular formula is C21H14N4O2S. The second-order valence-electron chi connectivity index (χ2n) is 6.06. The summed E-state index contributed by atoms with van der Waals surface area (Å²) in [4.78, 5) is 31.3. The topological polar surface area (TPSA) is 85.6 Å². The van der Waals surface area contributed by atoms with Crippen LogP contribution in [0.4, 0.5) is 11.4 Å². The number of nitrogens with zero attached hydrogens (tertiary/aromatic N) is 3. The molecule has 6 nitrogen and oxygen atoms in total. The highest BCUT2D eigenvalue weighted by Crippen LogP contribution is 2.32. The number of nitrogens with one attached hydrogen (secondary N) is 1. The number of rotatable bonds is 2. The molecule has 3 aromatic carbocycles. The van der Waals surface area contributed by atoms with Crippen LogP contribution in [0, 0.1) is 11.5 Å². The van der Waals surface area contributed by atoms with Gasteiger partial charge >= 0.3 is 0 Å². The van der Waals surface area contributed by atoms with Crippen LogP contribution in [0.25, 0.3) is 10.8 Å². The van der Waals surface area contributed by atoms with Crippen LogP contribution in [-0.2, 0) is 0 Å². The smallest absolute Gasteiger partial charge is 0.266 e. The molecule has 1 aliphatic rings. The third-order valence-corrected chi connectivity index (χ3v) is 5.03. The molecule has 136 valence electrons. The molecule has 0 aliphatic carbocycles. The molecule has 4 rings (SSSR count). The highest BCUT2D eigenvalue weighted by molar-refractivity contribution is 8.13. The molecule has 3 aromatic rings. The van der Waals surface area contributed by atoms with Gasteiger partial charge in [-0.1, -0.05) is 42.1 Å². The van der Waals surface area contributed by atoms with E-state index in [4.69, 9.17) is 5.26 Å². The normalized spacial score (nSPS) is 13.6. The van der Waals surface area contributed by atoms with Crippen molar-refractivity contribution in [1.82, 2.24) is 5.32 Å². The average Bonchev–Trinajstić information content (AvgIpc) is 2.97. The Hall–Kier alpha value is -3.63. The number of thioether (sulfide) groups is 1. The zero-order valence-corrected chi connectivity index (χ0v) is 15.7. The standard InChI is InChI=1S/C21H14N4O2S/c1-28-21(23-12-22)24-15-7-9-17-18(11-15)20(27)25(19(17)26)16-8-6-13-4-2-3-5-14(13)10-16/h2-11H,1H3,(H,23,24). The SMILES string of the molecule is CSC(=Nc1ccc2c(c1)C(=O)N(c1ccc3ccccc3c1)C2=O)NC#N. The molecule has 0 radical (unpaired) electrons. The van der Waals surface area contributed by atoms with E-state index >= 15 is 0 Å². The number of carbonyl (C=O) groups excluding carboxylic acids is 2. The van der Waals surface area contributed by atoms with E-state index in [9.17, 15) is 9.59 Å². The highest BCUT2D eigenvalue weighted by atomic mass is 32.2. The fraction of sp³-hybridized carbons (Fsp3) is 0.0476. The van der Waals surface area contributed by atoms with Gasteiger partial charge in [-0.3, -0.25) is 14.9 Å². The predicted octanol–water partition coefficient (Wildman–Crippen LogP) is 4.06. The number of aliphatic imine (C=N–C) groups is 1. The summed E-state index contributed by atoms with van der Waals surface area (Å²) < 4.78 is 0. The quantitative estimate of drug-likeness (QED) is 0.236. The minimum atomic E-state index is -0.383. The van der Waals surface area contributed by atoms with E-state index in [1.807, 2.05) is 42.6 Å². The number of amides is 2. The molecule has 0 spiro atoms. The van der Waals surface area contributed by atoms with Gasteiger partial charge < -0.3 is 0 Å². The predicted molar refractivity (Wildman–Crippen MR) is 111 cm³/mol. The van der Waals surface area contributed by atoms with Gasteiger partial charge in [-0.2, -0.15) is 5.26 Å². The van der Waals surface area contributed by atoms with E-state index in [-0.39, 0.29) is 11.8 Å². The first-order chi connectivity index (χ1) is 13.6. The van der Waals surface area contributed by atoms with Crippen LogP contribution in [0.3, 0.4) is 0 Å². The largest absolute Gasteiger partial charge is 0.271 e. The molecular weight excluding hydrogens is 372 g/mol. The molecule has 0 atom stereocenters. The number of carbonyl (C=O) groups is 2. The van der Waals surface area contributed by atoms with E-state index in [2.05, 4.69) is 10.3 Å². The Kier molecular flexibility index (Phi) is 4.55. The van der Waals surface area contributed by atoms with Crippen molar-refractivity contribution in [2.24, 2.45) is 4.99 Å². The molecule has 0 aromatic heterocycles. The van der Waals surface area contributed by atoms with Crippen molar-refractivity contribution >= 4 is 50.9 Å². The third-order valence-electron chi connectivity index (χ3n) is 4.45. The second kappa shape index (κ2) is 7.18. The van der Waals surface area contributed by atoms with Crippen molar-refractivity contribution in [3.05, 3.63) is 71.8 Å². The average molecular weight is 386 g/mol. The van der Waals surface area contributed by atoms with Gasteiger partial charge in [0, 0.05) is 0 Å². The summed E-state index contributed by atoms with van der Waals surface area (Å²) in [5.41, 5.74) is 1.67. The van der Waals surface area contributed by atoms with Gasteiger partial charge in [0.1, 0.15) is 0 Å². The van der Waals surface area contributed by atoms with Gasteiger partial charge in [0.15, 0.2) is 11.4 Å². The summed E-state index contributed by atoms with van der Waals surface area (Å²) in [6.45, 7) is 0. The van der Waals surface area contributed by atoms with Crippen molar-refractivity contribution in [1.29, 1.82) is 5.26 Å². The molecule has 1 aliphatic heterocycles. The number of imide groups is 1. The van der Waals surface area contributed by atoms with E-state index in [1.165, 1.54) is 16.7 Å². The van der Waals surface area contributed by atoms with Gasteiger partial charge in [-0.15, -0.1) is 0 Å². The molecule has 2 amide bonds. The van der Waals surface area contributed by atoms with Crippen LogP contribution in [0.5, 0.6) is 0 Å². The minimum absolute atomic E-state index is 0.303. The zero-order chi connectivity index (χ0) is 19.7. The maximum Gasteiger partial charge on any atom is 0.266 e. The number of benzene rings is 3. The molecule has 28 heavy (non-hydrogen) atoms. The summed E-state index contributed by atoms with van der Waals surface area (Å²) >= 11 is 1.28. The molecule has 1 N–H and O–H groups in total. The fourth-order valence-corrected chi connectivity index (χ4v) is 3.48. The Morgan fingerprint density at radius 3 is 2.50 bits per heavy atom. The maximum absolute atomic E-state index is 13.0.